The molecule has 0 unspecified atom stereocenters. The van der Waals surface area contributed by atoms with Crippen LogP contribution in [0.5, 0.6) is 11.5 Å². The molecule has 0 aliphatic carbocycles. The number of amides is 2. The van der Waals surface area contributed by atoms with Crippen molar-refractivity contribution in [2.24, 2.45) is 0 Å². The summed E-state index contributed by atoms with van der Waals surface area (Å²) >= 11 is 0. The van der Waals surface area contributed by atoms with Gasteiger partial charge in [-0.1, -0.05) is 50.2 Å². The number of fused-ring (bicyclic) bond motifs is 1. The van der Waals surface area contributed by atoms with Gasteiger partial charge in [0.1, 0.15) is 0 Å². The molecule has 1 N–H and O–H groups in total. The molecular weight excluding hydrogens is 366 g/mol. The van der Waals surface area contributed by atoms with E-state index in [4.69, 9.17) is 9.47 Å². The average molecular weight is 396 g/mol. The lowest BCUT2D eigenvalue weighted by Gasteiger charge is -2.35. The molecule has 4 rings (SSSR count). The van der Waals surface area contributed by atoms with Crippen LogP contribution in [0.4, 0.5) is 4.79 Å². The molecule has 0 spiro atoms. The maximum absolute atomic E-state index is 12.6. The van der Waals surface area contributed by atoms with Gasteiger partial charge in [0.15, 0.2) is 11.5 Å². The highest BCUT2D eigenvalue weighted by Crippen LogP contribution is 2.32. The fraction of sp³-hybridized carbons (Fsp3) is 0.435. The maximum Gasteiger partial charge on any atom is 0.317 e. The van der Waals surface area contributed by atoms with Crippen molar-refractivity contribution in [3.8, 4) is 11.5 Å². The number of nitrogens with one attached hydrogen (secondary N) is 1. The van der Waals surface area contributed by atoms with Crippen LogP contribution in [0.25, 0.3) is 0 Å². The van der Waals surface area contributed by atoms with E-state index in [1.54, 1.807) is 0 Å². The van der Waals surface area contributed by atoms with Gasteiger partial charge in [-0.2, -0.15) is 0 Å². The van der Waals surface area contributed by atoms with Crippen molar-refractivity contribution in [2.45, 2.75) is 25.8 Å². The maximum atomic E-state index is 12.6. The summed E-state index contributed by atoms with van der Waals surface area (Å²) in [6.45, 7) is 9.30. The van der Waals surface area contributed by atoms with Crippen molar-refractivity contribution < 1.29 is 14.3 Å². The van der Waals surface area contributed by atoms with Gasteiger partial charge in [-0.15, -0.1) is 0 Å². The molecule has 0 aromatic heterocycles. The highest BCUT2D eigenvalue weighted by Gasteiger charge is 2.25. The van der Waals surface area contributed by atoms with E-state index < -0.39 is 0 Å². The van der Waals surface area contributed by atoms with Crippen molar-refractivity contribution in [3.63, 3.8) is 0 Å². The molecular formula is C23H29N3O3. The predicted molar refractivity (Wildman–Crippen MR) is 112 cm³/mol. The Morgan fingerprint density at radius 1 is 1.00 bits per heavy atom. The van der Waals surface area contributed by atoms with Crippen molar-refractivity contribution in [3.05, 3.63) is 59.7 Å². The van der Waals surface area contributed by atoms with Gasteiger partial charge in [-0.25, -0.2) is 4.79 Å². The molecule has 0 atom stereocenters. The second kappa shape index (κ2) is 8.33. The second-order valence-electron chi connectivity index (χ2n) is 8.36. The van der Waals surface area contributed by atoms with Crippen molar-refractivity contribution in [1.29, 1.82) is 0 Å². The molecule has 2 aliphatic rings. The van der Waals surface area contributed by atoms with E-state index in [0.717, 1.165) is 44.2 Å². The third kappa shape index (κ3) is 4.65. The van der Waals surface area contributed by atoms with E-state index >= 15 is 0 Å². The van der Waals surface area contributed by atoms with E-state index in [1.165, 1.54) is 11.1 Å². The number of rotatable bonds is 5. The van der Waals surface area contributed by atoms with E-state index in [-0.39, 0.29) is 11.4 Å². The number of nitrogens with zero attached hydrogens (tertiary/aromatic N) is 2. The first-order chi connectivity index (χ1) is 14.0. The molecule has 2 amide bonds. The van der Waals surface area contributed by atoms with Crippen LogP contribution in [-0.2, 0) is 12.0 Å². The number of carbonyl (C=O) groups excluding carboxylic acids is 1. The zero-order valence-electron chi connectivity index (χ0n) is 17.2. The van der Waals surface area contributed by atoms with Crippen LogP contribution in [0, 0.1) is 0 Å². The van der Waals surface area contributed by atoms with E-state index in [9.17, 15) is 4.79 Å². The van der Waals surface area contributed by atoms with E-state index in [2.05, 4.69) is 42.3 Å². The Hall–Kier alpha value is -2.73. The predicted octanol–water partition coefficient (Wildman–Crippen LogP) is 3.22. The van der Waals surface area contributed by atoms with Crippen LogP contribution in [0.1, 0.15) is 25.0 Å². The minimum atomic E-state index is -0.0991. The van der Waals surface area contributed by atoms with Gasteiger partial charge in [0.2, 0.25) is 6.79 Å². The van der Waals surface area contributed by atoms with Gasteiger partial charge in [0.25, 0.3) is 0 Å². The highest BCUT2D eigenvalue weighted by molar-refractivity contribution is 5.74. The van der Waals surface area contributed by atoms with Gasteiger partial charge >= 0.3 is 6.03 Å². The monoisotopic (exact) mass is 395 g/mol. The van der Waals surface area contributed by atoms with Gasteiger partial charge in [0, 0.05) is 44.7 Å². The Bertz CT molecular complexity index is 846. The number of hydrogen-bond donors (Lipinski definition) is 1. The summed E-state index contributed by atoms with van der Waals surface area (Å²) in [5.74, 6) is 1.63. The second-order valence-corrected chi connectivity index (χ2v) is 8.36. The summed E-state index contributed by atoms with van der Waals surface area (Å²) in [6, 6.07) is 16.4. The lowest BCUT2D eigenvalue weighted by Crippen LogP contribution is -2.52. The fourth-order valence-corrected chi connectivity index (χ4v) is 3.81. The van der Waals surface area contributed by atoms with Crippen molar-refractivity contribution in [1.82, 2.24) is 15.1 Å². The van der Waals surface area contributed by atoms with Crippen LogP contribution in [-0.4, -0.2) is 55.3 Å². The normalized spacial score (nSPS) is 16.7. The van der Waals surface area contributed by atoms with Gasteiger partial charge in [0.05, 0.1) is 0 Å². The molecule has 29 heavy (non-hydrogen) atoms. The number of hydrogen-bond acceptors (Lipinski definition) is 4. The minimum absolute atomic E-state index is 0.0248. The Morgan fingerprint density at radius 2 is 1.72 bits per heavy atom. The molecule has 1 saturated heterocycles. The van der Waals surface area contributed by atoms with Gasteiger partial charge in [-0.3, -0.25) is 4.90 Å². The lowest BCUT2D eigenvalue weighted by molar-refractivity contribution is 0.134. The Kier molecular flexibility index (Phi) is 5.62. The number of piperazine rings is 1. The first-order valence-electron chi connectivity index (χ1n) is 10.2. The van der Waals surface area contributed by atoms with Gasteiger partial charge in [-0.05, 0) is 23.3 Å². The third-order valence-corrected chi connectivity index (χ3v) is 5.74. The molecule has 2 aromatic carbocycles. The summed E-state index contributed by atoms with van der Waals surface area (Å²) in [6.07, 6.45) is 0. The molecule has 0 radical (unpaired) electrons. The first-order valence-corrected chi connectivity index (χ1v) is 10.2. The molecule has 0 bridgehead atoms. The van der Waals surface area contributed by atoms with E-state index in [0.29, 0.717) is 13.3 Å². The topological polar surface area (TPSA) is 54.0 Å². The summed E-state index contributed by atoms with van der Waals surface area (Å²) in [7, 11) is 0. The SMILES string of the molecule is CC(C)(CNC(=O)N1CCN(Cc2ccc3c(c2)OCO3)CC1)c1ccccc1. The first kappa shape index (κ1) is 19.6. The molecule has 2 heterocycles. The Labute approximate surface area is 172 Å². The number of urea groups is 1. The van der Waals surface area contributed by atoms with Crippen LogP contribution >= 0.6 is 0 Å². The van der Waals surface area contributed by atoms with Crippen molar-refractivity contribution in [2.75, 3.05) is 39.5 Å². The average Bonchev–Trinajstić information content (AvgIpc) is 3.21. The zero-order valence-corrected chi connectivity index (χ0v) is 17.2. The number of benzene rings is 2. The molecule has 1 fully saturated rings. The molecule has 6 heteroatoms. The number of carbonyl (C=O) groups is 1. The smallest absolute Gasteiger partial charge is 0.317 e. The Morgan fingerprint density at radius 3 is 2.48 bits per heavy atom. The molecule has 0 saturated carbocycles. The molecule has 2 aliphatic heterocycles. The van der Waals surface area contributed by atoms with Gasteiger partial charge < -0.3 is 19.7 Å². The largest absolute Gasteiger partial charge is 0.454 e. The van der Waals surface area contributed by atoms with E-state index in [1.807, 2.05) is 35.2 Å². The fourth-order valence-electron chi connectivity index (χ4n) is 3.81. The summed E-state index contributed by atoms with van der Waals surface area (Å²) in [5, 5.41) is 3.12. The van der Waals surface area contributed by atoms with Crippen LogP contribution in [0.2, 0.25) is 0 Å². The van der Waals surface area contributed by atoms with Crippen LogP contribution < -0.4 is 14.8 Å². The lowest BCUT2D eigenvalue weighted by atomic mass is 9.85. The van der Waals surface area contributed by atoms with Crippen LogP contribution in [0.15, 0.2) is 48.5 Å². The van der Waals surface area contributed by atoms with Crippen molar-refractivity contribution >= 4 is 6.03 Å². The molecule has 6 nitrogen and oxygen atoms in total. The molecule has 154 valence electrons. The third-order valence-electron chi connectivity index (χ3n) is 5.74. The summed E-state index contributed by atoms with van der Waals surface area (Å²) in [5.41, 5.74) is 2.34. The number of ether oxygens (including phenoxy) is 2. The highest BCUT2D eigenvalue weighted by atomic mass is 16.7. The molecule has 2 aromatic rings. The summed E-state index contributed by atoms with van der Waals surface area (Å²) in [4.78, 5) is 16.9. The van der Waals surface area contributed by atoms with Crippen LogP contribution in [0.3, 0.4) is 0 Å². The quantitative estimate of drug-likeness (QED) is 0.845. The minimum Gasteiger partial charge on any atom is -0.454 e. The zero-order chi connectivity index (χ0) is 20.3. The Balaban J connectivity index is 1.24. The standard InChI is InChI=1S/C23H29N3O3/c1-23(2,19-6-4-3-5-7-19)16-24-22(27)26-12-10-25(11-13-26)15-18-8-9-20-21(14-18)29-17-28-20/h3-9,14H,10-13,15-17H2,1-2H3,(H,24,27). The summed E-state index contributed by atoms with van der Waals surface area (Å²) < 4.78 is 10.8.